The van der Waals surface area contributed by atoms with E-state index < -0.39 is 95.3 Å². The Kier molecular flexibility index (Phi) is 23.3. The van der Waals surface area contributed by atoms with Crippen LogP contribution in [0.2, 0.25) is 0 Å². The molecule has 8 amide bonds. The number of fused-ring (bicyclic) bond motifs is 6. The van der Waals surface area contributed by atoms with Gasteiger partial charge in [0.25, 0.3) is 0 Å². The van der Waals surface area contributed by atoms with Crippen LogP contribution < -0.4 is 27.0 Å². The van der Waals surface area contributed by atoms with Gasteiger partial charge in [-0.3, -0.25) is 19.2 Å². The Morgan fingerprint density at radius 2 is 1.13 bits per heavy atom. The van der Waals surface area contributed by atoms with E-state index in [9.17, 15) is 53.1 Å². The number of aliphatic carboxylic acids is 1. The minimum atomic E-state index is -1.43. The highest BCUT2D eigenvalue weighted by Crippen LogP contribution is 2.47. The molecule has 6 aliphatic heterocycles. The number of allylic oxidation sites excluding steroid dienone is 2. The zero-order valence-electron chi connectivity index (χ0n) is 54.2. The Balaban J connectivity index is 0.000000184. The normalized spacial score (nSPS) is 30.2. The third-order valence-electron chi connectivity index (χ3n) is 20.4. The fourth-order valence-electron chi connectivity index (χ4n) is 14.7. The lowest BCUT2D eigenvalue weighted by atomic mass is 10.0. The highest BCUT2D eigenvalue weighted by Gasteiger charge is 2.63. The average Bonchev–Trinajstić information content (AvgIpc) is 1.59. The molecule has 0 spiro atoms. The number of aliphatic imine (C=N–C) groups is 1. The van der Waals surface area contributed by atoms with Crippen LogP contribution in [-0.2, 0) is 73.7 Å². The first-order valence-corrected chi connectivity index (χ1v) is 34.4. The van der Waals surface area contributed by atoms with E-state index in [0.29, 0.717) is 64.3 Å². The standard InChI is InChI=1S/C34H45N5O7.C30H40N4O6.C6H9NO/c40-29-28-18-26(46-33(45)38-17-16-22-10-6-7-11-23(22)20-38)21-39(28)30(41)27(36-32(44)35-25-13-8-9-14-25)15-5-3-1-2-4-12-24-19-34(24,37-29)31(42)43;1-2-39-28(37)30-17-22(30)12-6-4-3-5-7-13-24(31)27(36)34-19-23(16-25(34)26(35)32-30)40-29(38)33-15-14-20-10-8-9-11-21(20)18-33;8-5-7-6-3-1-2-4-6/h4,6-7,10-12,24-28H,1-3,5,8-9,13-21H2,(H,37,40)(H,42,43)(H2,35,36,44);6,8-12,22-25H,2-5,7,13-19,31H2,1H3,(H,32,35);6H,1-4H2/b12-4-;12-6-;/t24-,26-,27+,28+,34-;22-,23-,24+,25+,30-;/m11./s1. The Labute approximate surface area is 549 Å². The number of hydrogen-bond donors (Lipinski definition) is 6. The number of carboxylic acids is 1. The van der Waals surface area contributed by atoms with Crippen LogP contribution in [0.25, 0.3) is 0 Å². The second kappa shape index (κ2) is 31.9. The molecule has 2 aromatic rings. The third kappa shape index (κ3) is 17.0. The van der Waals surface area contributed by atoms with Crippen molar-refractivity contribution in [1.29, 1.82) is 0 Å². The molecule has 0 bridgehead atoms. The van der Waals surface area contributed by atoms with Gasteiger partial charge < -0.3 is 65.9 Å². The first-order chi connectivity index (χ1) is 45.5. The van der Waals surface area contributed by atoms with E-state index in [0.717, 1.165) is 101 Å². The van der Waals surface area contributed by atoms with Crippen molar-refractivity contribution in [2.24, 2.45) is 22.6 Å². The predicted molar refractivity (Wildman–Crippen MR) is 345 cm³/mol. The molecule has 6 fully saturated rings. The number of ether oxygens (including phenoxy) is 3. The number of rotatable bonds is 8. The summed E-state index contributed by atoms with van der Waals surface area (Å²) in [6.45, 7) is 3.88. The number of esters is 1. The van der Waals surface area contributed by atoms with E-state index >= 15 is 0 Å². The quantitative estimate of drug-likeness (QED) is 0.0512. The van der Waals surface area contributed by atoms with Crippen LogP contribution in [0.3, 0.4) is 0 Å². The molecule has 12 rings (SSSR count). The number of isocyanates is 1. The first kappa shape index (κ1) is 68.7. The van der Waals surface area contributed by atoms with Gasteiger partial charge in [0.2, 0.25) is 29.7 Å². The van der Waals surface area contributed by atoms with Gasteiger partial charge in [-0.25, -0.2) is 33.8 Å². The fraction of sp³-hybridized carbons (Fsp3) is 0.629. The number of carbonyl (C=O) groups is 9. The molecule has 0 unspecified atom stereocenters. The van der Waals surface area contributed by atoms with Gasteiger partial charge in [0, 0.05) is 56.9 Å². The van der Waals surface area contributed by atoms with Crippen molar-refractivity contribution >= 4 is 59.9 Å². The maximum atomic E-state index is 14.2. The van der Waals surface area contributed by atoms with Crippen LogP contribution in [0.1, 0.15) is 170 Å². The molecule has 0 aromatic heterocycles. The third-order valence-corrected chi connectivity index (χ3v) is 20.4. The molecule has 2 aromatic carbocycles. The van der Waals surface area contributed by atoms with Gasteiger partial charge in [-0.15, -0.1) is 0 Å². The molecular weight excluding hydrogens is 1200 g/mol. The van der Waals surface area contributed by atoms with Gasteiger partial charge in [0.05, 0.1) is 31.8 Å². The van der Waals surface area contributed by atoms with Gasteiger partial charge in [-0.05, 0) is 119 Å². The zero-order valence-corrected chi connectivity index (χ0v) is 54.2. The van der Waals surface area contributed by atoms with E-state index in [4.69, 9.17) is 19.9 Å². The van der Waals surface area contributed by atoms with Crippen LogP contribution in [0.15, 0.2) is 77.8 Å². The molecule has 2 saturated heterocycles. The minimum Gasteiger partial charge on any atom is -0.479 e. The monoisotopic (exact) mass is 1300 g/mol. The fourth-order valence-corrected chi connectivity index (χ4v) is 14.7. The summed E-state index contributed by atoms with van der Waals surface area (Å²) >= 11 is 0. The van der Waals surface area contributed by atoms with E-state index in [-0.39, 0.29) is 62.7 Å². The molecule has 24 heteroatoms. The summed E-state index contributed by atoms with van der Waals surface area (Å²) in [6.07, 6.45) is 25.5. The van der Waals surface area contributed by atoms with Crippen molar-refractivity contribution in [3.05, 3.63) is 95.1 Å². The van der Waals surface area contributed by atoms with Crippen molar-refractivity contribution in [3.63, 3.8) is 0 Å². The van der Waals surface area contributed by atoms with Gasteiger partial charge in [0.1, 0.15) is 41.4 Å². The van der Waals surface area contributed by atoms with Gasteiger partial charge in [0.15, 0.2) is 0 Å². The Morgan fingerprint density at radius 3 is 1.67 bits per heavy atom. The molecule has 94 heavy (non-hydrogen) atoms. The molecule has 6 heterocycles. The van der Waals surface area contributed by atoms with Crippen LogP contribution >= 0.6 is 0 Å². The SMILES string of the molecule is CCOC(=O)[C@@]12C[C@H]1/C=C\CCCCC[C@H](N)C(=O)N1C[C@H](OC(=O)N3CCc4ccccc4C3)C[C@H]1C(=O)N2.O=C(NC1CCCC1)N[C@H]1CCCCC/C=C\[C@@H]2C[C@@]2(C(=O)O)NC(=O)[C@@H]2C[C@@H](OC(=O)N3CCc4ccccc4C3)CN2C1=O.O=C=NC1CCCC1. The first-order valence-electron chi connectivity index (χ1n) is 34.4. The molecule has 10 atom stereocenters. The Morgan fingerprint density at radius 1 is 0.638 bits per heavy atom. The number of nitrogens with zero attached hydrogens (tertiary/aromatic N) is 5. The van der Waals surface area contributed by atoms with Crippen LogP contribution in [0, 0.1) is 11.8 Å². The minimum absolute atomic E-state index is 0.0289. The Bertz CT molecular complexity index is 3200. The summed E-state index contributed by atoms with van der Waals surface area (Å²) in [5.74, 6) is -3.91. The number of nitrogens with two attached hydrogens (primary N) is 1. The number of carboxylic acid groups (broad SMARTS) is 1. The van der Waals surface area contributed by atoms with Crippen molar-refractivity contribution in [3.8, 4) is 0 Å². The highest BCUT2D eigenvalue weighted by molar-refractivity contribution is 5.97. The van der Waals surface area contributed by atoms with Crippen molar-refractivity contribution in [2.75, 3.05) is 32.8 Å². The molecule has 24 nitrogen and oxygen atoms in total. The van der Waals surface area contributed by atoms with Crippen LogP contribution in [0.5, 0.6) is 0 Å². The lowest BCUT2D eigenvalue weighted by Crippen LogP contribution is -2.57. The van der Waals surface area contributed by atoms with Crippen molar-refractivity contribution < 1.29 is 67.3 Å². The molecule has 4 saturated carbocycles. The average molecular weight is 1300 g/mol. The predicted octanol–water partition coefficient (Wildman–Crippen LogP) is 6.94. The second-order valence-electron chi connectivity index (χ2n) is 27.0. The summed E-state index contributed by atoms with van der Waals surface area (Å²) in [5, 5.41) is 21.6. The number of nitrogens with one attached hydrogen (secondary N) is 4. The van der Waals surface area contributed by atoms with Gasteiger partial charge >= 0.3 is 30.2 Å². The summed E-state index contributed by atoms with van der Waals surface area (Å²) in [5.41, 5.74) is 8.27. The molecule has 0 radical (unpaired) electrons. The topological polar surface area (TPSA) is 318 Å². The Hall–Kier alpha value is -8.11. The summed E-state index contributed by atoms with van der Waals surface area (Å²) in [7, 11) is 0. The number of carbonyl (C=O) groups excluding carboxylic acids is 9. The summed E-state index contributed by atoms with van der Waals surface area (Å²) in [6, 6.07) is 12.3. The molecular formula is C70H94N10O14. The summed E-state index contributed by atoms with van der Waals surface area (Å²) < 4.78 is 17.1. The number of amides is 8. The second-order valence-corrected chi connectivity index (χ2v) is 27.0. The molecule has 10 aliphatic rings. The molecule has 508 valence electrons. The lowest BCUT2D eigenvalue weighted by molar-refractivity contribution is -0.150. The number of hydrogen-bond acceptors (Lipinski definition) is 15. The van der Waals surface area contributed by atoms with E-state index in [1.54, 1.807) is 22.8 Å². The number of urea groups is 1. The van der Waals surface area contributed by atoms with Crippen LogP contribution in [-0.4, -0.2) is 177 Å². The molecule has 4 aliphatic carbocycles. The van der Waals surface area contributed by atoms with E-state index in [1.807, 2.05) is 60.7 Å². The van der Waals surface area contributed by atoms with Crippen LogP contribution in [0.4, 0.5) is 14.4 Å². The van der Waals surface area contributed by atoms with Crippen molar-refractivity contribution in [1.82, 2.24) is 40.9 Å². The van der Waals surface area contributed by atoms with E-state index in [2.05, 4.69) is 38.4 Å². The lowest BCUT2D eigenvalue weighted by Gasteiger charge is -2.30. The number of benzene rings is 2. The van der Waals surface area contributed by atoms with Gasteiger partial charge in [-0.1, -0.05) is 124 Å². The smallest absolute Gasteiger partial charge is 0.410 e. The largest absolute Gasteiger partial charge is 0.479 e. The highest BCUT2D eigenvalue weighted by atomic mass is 16.6. The van der Waals surface area contributed by atoms with E-state index in [1.165, 1.54) is 33.8 Å². The maximum absolute atomic E-state index is 14.2. The van der Waals surface area contributed by atoms with Gasteiger partial charge in [-0.2, -0.15) is 0 Å². The summed E-state index contributed by atoms with van der Waals surface area (Å²) in [4.78, 5) is 139. The maximum Gasteiger partial charge on any atom is 0.410 e. The molecule has 7 N–H and O–H groups in total. The zero-order chi connectivity index (χ0) is 66.4. The van der Waals surface area contributed by atoms with Crippen molar-refractivity contribution in [2.45, 2.75) is 234 Å².